The standard InChI is InChI=1S/C35H61O8P/c1-21(2)43-27-14-15-32(7)25-12-11-24-29-23(4)22(3)13-16-35(29,30(36)41-20-42-44(37,38)39)18-17-33(24,8)34(25,9)28(40-10)19-26(32)31(27,5)6/h21-29H,11-20H2,1-10H3,(H2,37,38,39). The van der Waals surface area contributed by atoms with Gasteiger partial charge in [-0.05, 0) is 123 Å². The van der Waals surface area contributed by atoms with E-state index < -0.39 is 20.0 Å². The number of fused-ring (bicyclic) bond motifs is 7. The molecular weight excluding hydrogens is 579 g/mol. The van der Waals surface area contributed by atoms with Gasteiger partial charge in [0.15, 0.2) is 0 Å². The van der Waals surface area contributed by atoms with Gasteiger partial charge in [-0.15, -0.1) is 0 Å². The highest BCUT2D eigenvalue weighted by Gasteiger charge is 2.74. The highest BCUT2D eigenvalue weighted by atomic mass is 31.2. The number of ether oxygens (including phenoxy) is 3. The van der Waals surface area contributed by atoms with E-state index in [0.29, 0.717) is 29.6 Å². The van der Waals surface area contributed by atoms with Crippen molar-refractivity contribution in [2.75, 3.05) is 13.9 Å². The molecule has 5 aliphatic carbocycles. The van der Waals surface area contributed by atoms with Gasteiger partial charge in [0, 0.05) is 12.5 Å². The first-order valence-electron chi connectivity index (χ1n) is 17.3. The van der Waals surface area contributed by atoms with E-state index in [9.17, 15) is 19.1 Å². The molecule has 5 aliphatic rings. The fourth-order valence-electron chi connectivity index (χ4n) is 12.8. The Bertz CT molecular complexity index is 1140. The molecule has 0 aromatic heterocycles. The maximum atomic E-state index is 14.0. The number of carbonyl (C=O) groups is 1. The number of methoxy groups -OCH3 is 1. The lowest BCUT2D eigenvalue weighted by Crippen LogP contribution is -2.72. The lowest BCUT2D eigenvalue weighted by atomic mass is 9.30. The molecule has 0 amide bonds. The van der Waals surface area contributed by atoms with Crippen LogP contribution in [0.3, 0.4) is 0 Å². The molecule has 2 N–H and O–H groups in total. The molecule has 12 atom stereocenters. The summed E-state index contributed by atoms with van der Waals surface area (Å²) < 4.78 is 34.6. The first-order chi connectivity index (χ1) is 20.3. The van der Waals surface area contributed by atoms with Crippen LogP contribution in [0, 0.1) is 62.6 Å². The predicted octanol–water partition coefficient (Wildman–Crippen LogP) is 7.75. The highest BCUT2D eigenvalue weighted by molar-refractivity contribution is 7.46. The monoisotopic (exact) mass is 640 g/mol. The molecule has 5 fully saturated rings. The van der Waals surface area contributed by atoms with Gasteiger partial charge in [0.1, 0.15) is 0 Å². The van der Waals surface area contributed by atoms with E-state index in [0.717, 1.165) is 51.4 Å². The summed E-state index contributed by atoms with van der Waals surface area (Å²) >= 11 is 0. The second kappa shape index (κ2) is 11.6. The number of phosphoric acid groups is 1. The maximum absolute atomic E-state index is 14.0. The van der Waals surface area contributed by atoms with Crippen molar-refractivity contribution in [1.82, 2.24) is 0 Å². The molecule has 0 heterocycles. The Balaban J connectivity index is 1.52. The van der Waals surface area contributed by atoms with E-state index in [1.54, 1.807) is 0 Å². The van der Waals surface area contributed by atoms with Crippen molar-refractivity contribution in [2.24, 2.45) is 62.6 Å². The van der Waals surface area contributed by atoms with Crippen molar-refractivity contribution in [2.45, 2.75) is 138 Å². The number of rotatable bonds is 7. The minimum absolute atomic E-state index is 0.0256. The predicted molar refractivity (Wildman–Crippen MR) is 169 cm³/mol. The molecular formula is C35H61O8P. The Kier molecular flexibility index (Phi) is 9.17. The molecule has 12 unspecified atom stereocenters. The summed E-state index contributed by atoms with van der Waals surface area (Å²) in [5.74, 6) is 1.95. The molecule has 0 bridgehead atoms. The van der Waals surface area contributed by atoms with Crippen LogP contribution in [0.25, 0.3) is 0 Å². The molecule has 44 heavy (non-hydrogen) atoms. The van der Waals surface area contributed by atoms with Crippen LogP contribution >= 0.6 is 7.82 Å². The summed E-state index contributed by atoms with van der Waals surface area (Å²) in [5, 5.41) is 0. The Hall–Kier alpha value is -0.500. The number of esters is 1. The van der Waals surface area contributed by atoms with Gasteiger partial charge in [0.25, 0.3) is 0 Å². The van der Waals surface area contributed by atoms with Gasteiger partial charge >= 0.3 is 13.8 Å². The van der Waals surface area contributed by atoms with Gasteiger partial charge in [-0.1, -0.05) is 48.5 Å². The van der Waals surface area contributed by atoms with Crippen molar-refractivity contribution in [1.29, 1.82) is 0 Å². The van der Waals surface area contributed by atoms with Gasteiger partial charge in [-0.2, -0.15) is 0 Å². The maximum Gasteiger partial charge on any atom is 0.472 e. The fourth-order valence-corrected chi connectivity index (χ4v) is 12.9. The van der Waals surface area contributed by atoms with Crippen LogP contribution in [-0.2, 0) is 28.1 Å². The lowest BCUT2D eigenvalue weighted by molar-refractivity contribution is -0.297. The Morgan fingerprint density at radius 1 is 0.909 bits per heavy atom. The number of hydrogen-bond donors (Lipinski definition) is 2. The van der Waals surface area contributed by atoms with Gasteiger partial charge in [0.05, 0.1) is 23.7 Å². The number of carbonyl (C=O) groups excluding carboxylic acids is 1. The van der Waals surface area contributed by atoms with E-state index in [1.165, 1.54) is 6.42 Å². The van der Waals surface area contributed by atoms with Crippen molar-refractivity contribution < 1.29 is 37.9 Å². The first-order valence-corrected chi connectivity index (χ1v) is 18.9. The minimum Gasteiger partial charge on any atom is -0.437 e. The molecule has 8 nitrogen and oxygen atoms in total. The lowest BCUT2D eigenvalue weighted by Gasteiger charge is -2.75. The third kappa shape index (κ3) is 5.10. The summed E-state index contributed by atoms with van der Waals surface area (Å²) in [4.78, 5) is 32.4. The van der Waals surface area contributed by atoms with Crippen LogP contribution in [0.2, 0.25) is 0 Å². The van der Waals surface area contributed by atoms with Gasteiger partial charge < -0.3 is 24.0 Å². The second-order valence-electron chi connectivity index (χ2n) is 17.2. The van der Waals surface area contributed by atoms with Crippen molar-refractivity contribution in [3.05, 3.63) is 0 Å². The number of phosphoric ester groups is 1. The van der Waals surface area contributed by atoms with E-state index in [-0.39, 0.29) is 51.9 Å². The molecule has 0 radical (unpaired) electrons. The Morgan fingerprint density at radius 3 is 2.20 bits per heavy atom. The van der Waals surface area contributed by atoms with Crippen LogP contribution in [0.4, 0.5) is 0 Å². The zero-order valence-electron chi connectivity index (χ0n) is 29.1. The van der Waals surface area contributed by atoms with Crippen LogP contribution < -0.4 is 0 Å². The molecule has 0 aromatic carbocycles. The average Bonchev–Trinajstić information content (AvgIpc) is 2.92. The van der Waals surface area contributed by atoms with E-state index in [1.807, 2.05) is 7.11 Å². The third-order valence-electron chi connectivity index (χ3n) is 15.1. The molecule has 0 aromatic rings. The Morgan fingerprint density at radius 2 is 1.59 bits per heavy atom. The molecule has 0 spiro atoms. The molecule has 5 rings (SSSR count). The molecule has 254 valence electrons. The molecule has 0 aliphatic heterocycles. The van der Waals surface area contributed by atoms with Gasteiger partial charge in [-0.25, -0.2) is 9.09 Å². The molecule has 9 heteroatoms. The minimum atomic E-state index is -4.73. The van der Waals surface area contributed by atoms with Crippen LogP contribution in [-0.4, -0.2) is 48.0 Å². The Labute approximate surface area is 266 Å². The fraction of sp³-hybridized carbons (Fsp3) is 0.971. The van der Waals surface area contributed by atoms with Gasteiger partial charge in [-0.3, -0.25) is 4.79 Å². The van der Waals surface area contributed by atoms with Crippen LogP contribution in [0.15, 0.2) is 0 Å². The number of hydrogen-bond acceptors (Lipinski definition) is 6. The van der Waals surface area contributed by atoms with Crippen LogP contribution in [0.5, 0.6) is 0 Å². The average molecular weight is 641 g/mol. The summed E-state index contributed by atoms with van der Waals surface area (Å²) in [7, 11) is -2.82. The summed E-state index contributed by atoms with van der Waals surface area (Å²) in [6.45, 7) is 20.8. The zero-order valence-corrected chi connectivity index (χ0v) is 30.0. The summed E-state index contributed by atoms with van der Waals surface area (Å²) in [6, 6.07) is 0. The van der Waals surface area contributed by atoms with E-state index in [2.05, 4.69) is 66.8 Å². The van der Waals surface area contributed by atoms with Crippen molar-refractivity contribution in [3.8, 4) is 0 Å². The van der Waals surface area contributed by atoms with E-state index in [4.69, 9.17) is 14.2 Å². The van der Waals surface area contributed by atoms with Crippen molar-refractivity contribution in [3.63, 3.8) is 0 Å². The highest BCUT2D eigenvalue weighted by Crippen LogP contribution is 2.77. The normalized spacial score (nSPS) is 48.5. The topological polar surface area (TPSA) is 112 Å². The van der Waals surface area contributed by atoms with Gasteiger partial charge in [0.2, 0.25) is 6.79 Å². The van der Waals surface area contributed by atoms with E-state index >= 15 is 0 Å². The molecule has 5 saturated carbocycles. The SMILES string of the molecule is COC1CC2C(C)(C)C(OC(C)C)CCC2(C)C2CCC3C4C(C)C(C)CCC4(C(=O)OCOP(=O)(O)O)CCC3(C)C12C. The quantitative estimate of drug-likeness (QED) is 0.165. The smallest absolute Gasteiger partial charge is 0.437 e. The summed E-state index contributed by atoms with van der Waals surface area (Å²) in [6.07, 6.45) is 9.40. The van der Waals surface area contributed by atoms with Crippen LogP contribution in [0.1, 0.15) is 120 Å². The third-order valence-corrected chi connectivity index (χ3v) is 15.6. The molecule has 0 saturated heterocycles. The zero-order chi connectivity index (χ0) is 32.7. The first kappa shape index (κ1) is 34.8. The van der Waals surface area contributed by atoms with Crippen molar-refractivity contribution >= 4 is 13.8 Å². The largest absolute Gasteiger partial charge is 0.472 e. The second-order valence-corrected chi connectivity index (χ2v) is 18.5. The summed E-state index contributed by atoms with van der Waals surface area (Å²) in [5.41, 5.74) is -0.520.